The van der Waals surface area contributed by atoms with E-state index in [1.807, 2.05) is 57.2 Å². The summed E-state index contributed by atoms with van der Waals surface area (Å²) in [6, 6.07) is 13.1. The normalized spacial score (nSPS) is 13.1. The molecule has 2 aromatic carbocycles. The van der Waals surface area contributed by atoms with Crippen LogP contribution in [0.3, 0.4) is 0 Å². The van der Waals surface area contributed by atoms with Gasteiger partial charge in [0.25, 0.3) is 0 Å². The van der Waals surface area contributed by atoms with E-state index >= 15 is 0 Å². The number of hydrogen-bond donors (Lipinski definition) is 1. The van der Waals surface area contributed by atoms with E-state index in [1.165, 1.54) is 5.56 Å². The van der Waals surface area contributed by atoms with Crippen molar-refractivity contribution in [2.24, 2.45) is 0 Å². The van der Waals surface area contributed by atoms with Crippen molar-refractivity contribution < 1.29 is 8.42 Å². The van der Waals surface area contributed by atoms with Gasteiger partial charge in [-0.3, -0.25) is 0 Å². The minimum Gasteiger partial charge on any atom is -0.212 e. The van der Waals surface area contributed by atoms with Crippen LogP contribution in [0.25, 0.3) is 0 Å². The number of nitrogens with one attached hydrogen (secondary N) is 1. The van der Waals surface area contributed by atoms with Gasteiger partial charge in [-0.1, -0.05) is 51.8 Å². The molecule has 0 spiro atoms. The molecule has 0 aromatic heterocycles. The summed E-state index contributed by atoms with van der Waals surface area (Å²) in [6.07, 6.45) is 0. The monoisotopic (exact) mass is 381 g/mol. The summed E-state index contributed by atoms with van der Waals surface area (Å²) in [5.74, 6) is -0.0183. The van der Waals surface area contributed by atoms with Gasteiger partial charge in [0.15, 0.2) is 0 Å². The highest BCUT2D eigenvalue weighted by Gasteiger charge is 2.17. The quantitative estimate of drug-likeness (QED) is 0.841. The van der Waals surface area contributed by atoms with Crippen molar-refractivity contribution in [2.75, 3.05) is 0 Å². The first-order valence-corrected chi connectivity index (χ1v) is 9.53. The molecule has 0 bridgehead atoms. The zero-order valence-electron chi connectivity index (χ0n) is 12.9. The zero-order chi connectivity index (χ0) is 16.3. The van der Waals surface area contributed by atoms with Crippen molar-refractivity contribution in [1.82, 2.24) is 4.72 Å². The predicted octanol–water partition coefficient (Wildman–Crippen LogP) is 4.25. The van der Waals surface area contributed by atoms with Crippen LogP contribution in [-0.4, -0.2) is 8.42 Å². The predicted molar refractivity (Wildman–Crippen MR) is 94.2 cm³/mol. The SMILES string of the molecule is Cc1ccc(C(C)NS(=O)(=O)Cc2ccc(Br)cc2)c(C)c1. The van der Waals surface area contributed by atoms with Crippen molar-refractivity contribution in [3.05, 3.63) is 69.2 Å². The van der Waals surface area contributed by atoms with Gasteiger partial charge in [0.05, 0.1) is 5.75 Å². The Kier molecular flexibility index (Phi) is 5.42. The minimum atomic E-state index is -3.39. The first-order chi connectivity index (χ1) is 10.3. The summed E-state index contributed by atoms with van der Waals surface area (Å²) in [6.45, 7) is 5.90. The average molecular weight is 382 g/mol. The van der Waals surface area contributed by atoms with Gasteiger partial charge in [-0.25, -0.2) is 13.1 Å². The third-order valence-electron chi connectivity index (χ3n) is 3.52. The van der Waals surface area contributed by atoms with Crippen molar-refractivity contribution in [3.63, 3.8) is 0 Å². The summed E-state index contributed by atoms with van der Waals surface area (Å²) < 4.78 is 28.3. The van der Waals surface area contributed by atoms with E-state index in [4.69, 9.17) is 0 Å². The van der Waals surface area contributed by atoms with E-state index in [2.05, 4.69) is 26.7 Å². The van der Waals surface area contributed by atoms with E-state index in [9.17, 15) is 8.42 Å². The fourth-order valence-electron chi connectivity index (χ4n) is 2.49. The van der Waals surface area contributed by atoms with Crippen molar-refractivity contribution in [1.29, 1.82) is 0 Å². The average Bonchev–Trinajstić information content (AvgIpc) is 2.40. The lowest BCUT2D eigenvalue weighted by Crippen LogP contribution is -2.28. The Bertz CT molecular complexity index is 755. The molecule has 3 nitrogen and oxygen atoms in total. The molecule has 0 aliphatic heterocycles. The van der Waals surface area contributed by atoms with Gasteiger partial charge < -0.3 is 0 Å². The molecule has 2 aromatic rings. The van der Waals surface area contributed by atoms with Crippen LogP contribution in [0.15, 0.2) is 46.9 Å². The molecular formula is C17H20BrNO2S. The Morgan fingerprint density at radius 2 is 1.73 bits per heavy atom. The van der Waals surface area contributed by atoms with E-state index in [-0.39, 0.29) is 11.8 Å². The first kappa shape index (κ1) is 17.2. The van der Waals surface area contributed by atoms with Crippen LogP contribution in [-0.2, 0) is 15.8 Å². The zero-order valence-corrected chi connectivity index (χ0v) is 15.3. The topological polar surface area (TPSA) is 46.2 Å². The number of sulfonamides is 1. The molecule has 0 aliphatic carbocycles. The molecule has 1 N–H and O–H groups in total. The Balaban J connectivity index is 2.12. The molecule has 5 heteroatoms. The van der Waals surface area contributed by atoms with Crippen LogP contribution in [0, 0.1) is 13.8 Å². The van der Waals surface area contributed by atoms with E-state index in [1.54, 1.807) is 0 Å². The summed E-state index contributed by atoms with van der Waals surface area (Å²) >= 11 is 3.34. The van der Waals surface area contributed by atoms with Gasteiger partial charge in [0, 0.05) is 10.5 Å². The molecule has 0 heterocycles. The number of benzene rings is 2. The second kappa shape index (κ2) is 6.94. The molecule has 0 amide bonds. The van der Waals surface area contributed by atoms with Crippen LogP contribution in [0.4, 0.5) is 0 Å². The number of rotatable bonds is 5. The van der Waals surface area contributed by atoms with Gasteiger partial charge in [-0.05, 0) is 49.6 Å². The largest absolute Gasteiger partial charge is 0.216 e. The standard InChI is InChI=1S/C17H20BrNO2S/c1-12-4-9-17(13(2)10-12)14(3)19-22(20,21)11-15-5-7-16(18)8-6-15/h4-10,14,19H,11H2,1-3H3. The highest BCUT2D eigenvalue weighted by molar-refractivity contribution is 9.10. The number of hydrogen-bond acceptors (Lipinski definition) is 2. The molecule has 0 saturated heterocycles. The lowest BCUT2D eigenvalue weighted by molar-refractivity contribution is 0.565. The maximum Gasteiger partial charge on any atom is 0.216 e. The van der Waals surface area contributed by atoms with Crippen LogP contribution in [0.2, 0.25) is 0 Å². The Morgan fingerprint density at radius 3 is 2.32 bits per heavy atom. The van der Waals surface area contributed by atoms with Crippen LogP contribution < -0.4 is 4.72 Å². The van der Waals surface area contributed by atoms with Crippen LogP contribution in [0.1, 0.15) is 35.2 Å². The molecule has 118 valence electrons. The summed E-state index contributed by atoms with van der Waals surface area (Å²) in [4.78, 5) is 0. The lowest BCUT2D eigenvalue weighted by atomic mass is 10.0. The molecular weight excluding hydrogens is 362 g/mol. The summed E-state index contributed by atoms with van der Waals surface area (Å²) in [5.41, 5.74) is 4.04. The van der Waals surface area contributed by atoms with Gasteiger partial charge >= 0.3 is 0 Å². The second-order valence-electron chi connectivity index (χ2n) is 5.59. The molecule has 22 heavy (non-hydrogen) atoms. The van der Waals surface area contributed by atoms with E-state index in [0.717, 1.165) is 21.2 Å². The second-order valence-corrected chi connectivity index (χ2v) is 8.25. The molecule has 0 aliphatic rings. The van der Waals surface area contributed by atoms with Gasteiger partial charge in [-0.15, -0.1) is 0 Å². The fourth-order valence-corrected chi connectivity index (χ4v) is 4.13. The molecule has 1 unspecified atom stereocenters. The molecule has 2 rings (SSSR count). The smallest absolute Gasteiger partial charge is 0.212 e. The highest BCUT2D eigenvalue weighted by atomic mass is 79.9. The Morgan fingerprint density at radius 1 is 1.09 bits per heavy atom. The number of aryl methyl sites for hydroxylation is 2. The summed E-state index contributed by atoms with van der Waals surface area (Å²) in [7, 11) is -3.39. The molecule has 0 saturated carbocycles. The van der Waals surface area contributed by atoms with Gasteiger partial charge in [-0.2, -0.15) is 0 Å². The molecule has 0 radical (unpaired) electrons. The van der Waals surface area contributed by atoms with Gasteiger partial charge in [0.2, 0.25) is 10.0 Å². The van der Waals surface area contributed by atoms with Crippen LogP contribution in [0.5, 0.6) is 0 Å². The maximum absolute atomic E-state index is 12.3. The first-order valence-electron chi connectivity index (χ1n) is 7.08. The van der Waals surface area contributed by atoms with Crippen molar-refractivity contribution in [3.8, 4) is 0 Å². The molecule has 0 fully saturated rings. The highest BCUT2D eigenvalue weighted by Crippen LogP contribution is 2.20. The molecule has 1 atom stereocenters. The van der Waals surface area contributed by atoms with Gasteiger partial charge in [0.1, 0.15) is 0 Å². The third-order valence-corrected chi connectivity index (χ3v) is 5.47. The summed E-state index contributed by atoms with van der Waals surface area (Å²) in [5, 5.41) is 0. The number of halogens is 1. The Hall–Kier alpha value is -1.17. The maximum atomic E-state index is 12.3. The van der Waals surface area contributed by atoms with Crippen LogP contribution >= 0.6 is 15.9 Å². The Labute approximate surface area is 140 Å². The van der Waals surface area contributed by atoms with Crippen molar-refractivity contribution >= 4 is 26.0 Å². The van der Waals surface area contributed by atoms with E-state index in [0.29, 0.717) is 0 Å². The lowest BCUT2D eigenvalue weighted by Gasteiger charge is -2.17. The third kappa shape index (κ3) is 4.66. The minimum absolute atomic E-state index is 0.0183. The van der Waals surface area contributed by atoms with E-state index < -0.39 is 10.0 Å². The van der Waals surface area contributed by atoms with Crippen molar-refractivity contribution in [2.45, 2.75) is 32.6 Å². The fraction of sp³-hybridized carbons (Fsp3) is 0.294.